The summed E-state index contributed by atoms with van der Waals surface area (Å²) < 4.78 is 1.86. The van der Waals surface area contributed by atoms with Gasteiger partial charge in [-0.2, -0.15) is 5.10 Å². The van der Waals surface area contributed by atoms with E-state index in [2.05, 4.69) is 36.9 Å². The van der Waals surface area contributed by atoms with Crippen LogP contribution >= 0.6 is 11.3 Å². The zero-order valence-corrected chi connectivity index (χ0v) is 17.8. The highest BCUT2D eigenvalue weighted by Gasteiger charge is 2.26. The molecular formula is C22H26N4OS. The summed E-state index contributed by atoms with van der Waals surface area (Å²) in [4.78, 5) is 20.6. The molecule has 4 rings (SSSR count). The molecule has 0 bridgehead atoms. The molecule has 1 atom stereocenters. The number of aryl methyl sites for hydroxylation is 2. The lowest BCUT2D eigenvalue weighted by molar-refractivity contribution is 0.0980. The van der Waals surface area contributed by atoms with Crippen molar-refractivity contribution in [2.75, 3.05) is 4.90 Å². The van der Waals surface area contributed by atoms with Crippen molar-refractivity contribution in [1.29, 1.82) is 0 Å². The molecule has 1 unspecified atom stereocenters. The zero-order valence-electron chi connectivity index (χ0n) is 17.0. The van der Waals surface area contributed by atoms with Crippen molar-refractivity contribution in [3.63, 3.8) is 0 Å². The minimum absolute atomic E-state index is 0.0589. The van der Waals surface area contributed by atoms with Gasteiger partial charge in [0, 0.05) is 41.3 Å². The average Bonchev–Trinajstić information content (AvgIpc) is 3.32. The number of rotatable bonds is 5. The maximum atomic E-state index is 13.6. The number of carbonyl (C=O) groups is 1. The Morgan fingerprint density at radius 1 is 1.25 bits per heavy atom. The van der Waals surface area contributed by atoms with Crippen molar-refractivity contribution >= 4 is 44.1 Å². The fourth-order valence-electron chi connectivity index (χ4n) is 3.98. The van der Waals surface area contributed by atoms with Crippen molar-refractivity contribution in [1.82, 2.24) is 14.8 Å². The number of nitrogens with one attached hydrogen (secondary N) is 1. The van der Waals surface area contributed by atoms with Gasteiger partial charge in [0.2, 0.25) is 0 Å². The molecule has 0 fully saturated rings. The van der Waals surface area contributed by atoms with Gasteiger partial charge in [-0.25, -0.2) is 0 Å². The fourth-order valence-corrected chi connectivity index (χ4v) is 5.04. The summed E-state index contributed by atoms with van der Waals surface area (Å²) in [5.41, 5.74) is 2.98. The number of hydrogen-bond acceptors (Lipinski definition) is 3. The number of thiophene rings is 1. The highest BCUT2D eigenvalue weighted by Crippen LogP contribution is 2.32. The second-order valence-electron chi connectivity index (χ2n) is 7.94. The molecule has 1 amide bonds. The summed E-state index contributed by atoms with van der Waals surface area (Å²) in [6.07, 6.45) is 2.88. The van der Waals surface area contributed by atoms with Crippen molar-refractivity contribution in [3.05, 3.63) is 47.1 Å². The predicted octanol–water partition coefficient (Wildman–Crippen LogP) is 5.51. The summed E-state index contributed by atoms with van der Waals surface area (Å²) in [6.45, 7) is 8.52. The Morgan fingerprint density at radius 2 is 2.04 bits per heavy atom. The Labute approximate surface area is 169 Å². The Kier molecular flexibility index (Phi) is 4.75. The molecule has 5 nitrogen and oxygen atoms in total. The van der Waals surface area contributed by atoms with E-state index in [9.17, 15) is 4.79 Å². The molecule has 4 aromatic rings. The first-order valence-electron chi connectivity index (χ1n) is 9.69. The van der Waals surface area contributed by atoms with Gasteiger partial charge in [-0.05, 0) is 56.5 Å². The summed E-state index contributed by atoms with van der Waals surface area (Å²) in [7, 11) is 1.93. The van der Waals surface area contributed by atoms with Gasteiger partial charge in [0.1, 0.15) is 4.83 Å². The smallest absolute Gasteiger partial charge is 0.268 e. The first kappa shape index (κ1) is 18.7. The van der Waals surface area contributed by atoms with E-state index in [1.54, 1.807) is 0 Å². The van der Waals surface area contributed by atoms with Crippen molar-refractivity contribution in [2.45, 2.75) is 40.2 Å². The molecule has 0 radical (unpaired) electrons. The second-order valence-corrected chi connectivity index (χ2v) is 8.97. The highest BCUT2D eigenvalue weighted by atomic mass is 32.1. The van der Waals surface area contributed by atoms with Gasteiger partial charge in [-0.3, -0.25) is 9.48 Å². The van der Waals surface area contributed by atoms with Crippen LogP contribution in [0.1, 0.15) is 42.6 Å². The van der Waals surface area contributed by atoms with Crippen LogP contribution in [0.2, 0.25) is 0 Å². The molecule has 1 aromatic carbocycles. The first-order valence-corrected chi connectivity index (χ1v) is 10.5. The number of H-pyrrole nitrogens is 1. The lowest BCUT2D eigenvalue weighted by atomic mass is 10.0. The lowest BCUT2D eigenvalue weighted by Gasteiger charge is -2.30. The molecule has 0 aliphatic heterocycles. The van der Waals surface area contributed by atoms with Crippen LogP contribution in [-0.4, -0.2) is 26.7 Å². The van der Waals surface area contributed by atoms with Gasteiger partial charge in [-0.1, -0.05) is 13.8 Å². The van der Waals surface area contributed by atoms with Gasteiger partial charge in [-0.15, -0.1) is 11.3 Å². The number of hydrogen-bond donors (Lipinski definition) is 1. The summed E-state index contributed by atoms with van der Waals surface area (Å²) in [5, 5.41) is 6.63. The molecule has 0 spiro atoms. The van der Waals surface area contributed by atoms with Gasteiger partial charge >= 0.3 is 0 Å². The van der Waals surface area contributed by atoms with Gasteiger partial charge < -0.3 is 9.88 Å². The fraction of sp³-hybridized carbons (Fsp3) is 0.364. The van der Waals surface area contributed by atoms with Crippen LogP contribution in [-0.2, 0) is 7.05 Å². The number of benzene rings is 1. The Hall–Kier alpha value is -2.60. The number of anilines is 1. The molecular weight excluding hydrogens is 368 g/mol. The number of aromatic amines is 1. The normalized spacial score (nSPS) is 12.9. The van der Waals surface area contributed by atoms with E-state index in [4.69, 9.17) is 0 Å². The van der Waals surface area contributed by atoms with E-state index >= 15 is 0 Å². The number of carbonyl (C=O) groups excluding carboxylic acids is 1. The van der Waals surface area contributed by atoms with Crippen molar-refractivity contribution in [3.8, 4) is 0 Å². The zero-order chi connectivity index (χ0) is 20.0. The number of aromatic nitrogens is 3. The molecule has 6 heteroatoms. The topological polar surface area (TPSA) is 53.9 Å². The molecule has 0 saturated carbocycles. The van der Waals surface area contributed by atoms with Crippen LogP contribution in [0.3, 0.4) is 0 Å². The van der Waals surface area contributed by atoms with Crippen LogP contribution in [0.15, 0.2) is 36.5 Å². The highest BCUT2D eigenvalue weighted by molar-refractivity contribution is 7.20. The van der Waals surface area contributed by atoms with E-state index in [1.807, 2.05) is 54.0 Å². The molecule has 28 heavy (non-hydrogen) atoms. The summed E-state index contributed by atoms with van der Waals surface area (Å²) >= 11 is 1.52. The van der Waals surface area contributed by atoms with E-state index in [0.29, 0.717) is 5.92 Å². The number of nitrogens with zero attached hydrogens (tertiary/aromatic N) is 3. The molecule has 0 aliphatic rings. The third-order valence-corrected chi connectivity index (χ3v) is 6.38. The summed E-state index contributed by atoms with van der Waals surface area (Å²) in [6, 6.07) is 10.3. The minimum atomic E-state index is 0.0589. The molecule has 0 aliphatic carbocycles. The predicted molar refractivity (Wildman–Crippen MR) is 117 cm³/mol. The SMILES string of the molecule is Cc1nn(C)c2sc(C(=O)N(c3ccc4[nH]ccc4c3)C(C)CC(C)C)cc12. The Morgan fingerprint density at radius 3 is 2.75 bits per heavy atom. The van der Waals surface area contributed by atoms with Gasteiger partial charge in [0.15, 0.2) is 0 Å². The lowest BCUT2D eigenvalue weighted by Crippen LogP contribution is -2.39. The third kappa shape index (κ3) is 3.22. The Balaban J connectivity index is 1.78. The quantitative estimate of drug-likeness (QED) is 0.485. The molecule has 3 aromatic heterocycles. The molecule has 3 heterocycles. The maximum absolute atomic E-state index is 13.6. The number of amides is 1. The van der Waals surface area contributed by atoms with Crippen molar-refractivity contribution < 1.29 is 4.79 Å². The second kappa shape index (κ2) is 7.09. The van der Waals surface area contributed by atoms with E-state index in [1.165, 1.54) is 11.3 Å². The number of fused-ring (bicyclic) bond motifs is 2. The van der Waals surface area contributed by atoms with Gasteiger partial charge in [0.25, 0.3) is 5.91 Å². The largest absolute Gasteiger partial charge is 0.361 e. The summed E-state index contributed by atoms with van der Waals surface area (Å²) in [5.74, 6) is 0.568. The van der Waals surface area contributed by atoms with E-state index in [0.717, 1.165) is 43.8 Å². The first-order chi connectivity index (χ1) is 13.3. The monoisotopic (exact) mass is 394 g/mol. The third-order valence-electron chi connectivity index (χ3n) is 5.19. The molecule has 1 N–H and O–H groups in total. The van der Waals surface area contributed by atoms with Crippen molar-refractivity contribution in [2.24, 2.45) is 13.0 Å². The van der Waals surface area contributed by atoms with Gasteiger partial charge in [0.05, 0.1) is 10.6 Å². The van der Waals surface area contributed by atoms with E-state index in [-0.39, 0.29) is 11.9 Å². The Bertz CT molecular complexity index is 1120. The van der Waals surface area contributed by atoms with Crippen LogP contribution < -0.4 is 4.90 Å². The minimum Gasteiger partial charge on any atom is -0.361 e. The van der Waals surface area contributed by atoms with E-state index < -0.39 is 0 Å². The maximum Gasteiger partial charge on any atom is 0.268 e. The molecule has 0 saturated heterocycles. The van der Waals surface area contributed by atoms with Crippen LogP contribution in [0, 0.1) is 12.8 Å². The average molecular weight is 395 g/mol. The van der Waals surface area contributed by atoms with Crippen LogP contribution in [0.25, 0.3) is 21.1 Å². The van der Waals surface area contributed by atoms with Crippen LogP contribution in [0.4, 0.5) is 5.69 Å². The standard InChI is InChI=1S/C22H26N4OS/c1-13(2)10-14(3)26(17-6-7-19-16(11-17)8-9-23-19)21(27)20-12-18-15(4)24-25(5)22(18)28-20/h6-9,11-14,23H,10H2,1-5H3. The molecule has 146 valence electrons. The van der Waals surface area contributed by atoms with Crippen LogP contribution in [0.5, 0.6) is 0 Å².